The fraction of sp³-hybridized carbons (Fsp3) is 0.833. The van der Waals surface area contributed by atoms with Gasteiger partial charge in [0, 0.05) is 13.1 Å². The average Bonchev–Trinajstić information content (AvgIpc) is 2.33. The zero-order valence-corrected chi connectivity index (χ0v) is 7.61. The van der Waals surface area contributed by atoms with Crippen molar-refractivity contribution < 1.29 is 18.6 Å². The van der Waals surface area contributed by atoms with Crippen LogP contribution in [0.4, 0.5) is 0 Å². The Morgan fingerprint density at radius 2 is 1.85 bits per heavy atom. The Labute approximate surface area is 76.1 Å². The molecule has 1 aliphatic rings. The quantitative estimate of drug-likeness (QED) is 0.537. The Kier molecular flexibility index (Phi) is 2.87. The minimum atomic E-state index is -3.62. The van der Waals surface area contributed by atoms with Crippen molar-refractivity contribution in [1.29, 1.82) is 5.26 Å². The number of β-amino-alcohol motifs (C(OH)–C–C–N with tert-alkyl or cyclic N) is 2. The van der Waals surface area contributed by atoms with E-state index >= 15 is 0 Å². The molecule has 0 aromatic rings. The van der Waals surface area contributed by atoms with Gasteiger partial charge < -0.3 is 10.2 Å². The summed E-state index contributed by atoms with van der Waals surface area (Å²) in [5, 5.41) is 26.3. The molecule has 0 aliphatic carbocycles. The van der Waals surface area contributed by atoms with Gasteiger partial charge in [0.25, 0.3) is 0 Å². The largest absolute Gasteiger partial charge is 0.389 e. The van der Waals surface area contributed by atoms with Gasteiger partial charge >= 0.3 is 0 Å². The Balaban J connectivity index is 2.72. The van der Waals surface area contributed by atoms with E-state index in [1.165, 1.54) is 6.07 Å². The number of hydrogen-bond acceptors (Lipinski definition) is 5. The van der Waals surface area contributed by atoms with E-state index in [0.717, 1.165) is 4.31 Å². The SMILES string of the molecule is N#CCS(=O)(=O)N1C[C@@H](O)[C@@H](O)C1. The lowest BCUT2D eigenvalue weighted by Crippen LogP contribution is -2.31. The maximum absolute atomic E-state index is 11.2. The van der Waals surface area contributed by atoms with Crippen molar-refractivity contribution in [3.05, 3.63) is 0 Å². The third-order valence-corrected chi connectivity index (χ3v) is 3.44. The molecule has 6 nitrogen and oxygen atoms in total. The summed E-state index contributed by atoms with van der Waals surface area (Å²) in [6.07, 6.45) is -2.10. The molecule has 0 bridgehead atoms. The first-order valence-corrected chi connectivity index (χ1v) is 5.29. The molecule has 13 heavy (non-hydrogen) atoms. The first-order valence-electron chi connectivity index (χ1n) is 3.68. The number of sulfonamides is 1. The molecule has 2 atom stereocenters. The predicted octanol–water partition coefficient (Wildman–Crippen LogP) is -2.12. The van der Waals surface area contributed by atoms with E-state index in [0.29, 0.717) is 0 Å². The van der Waals surface area contributed by atoms with Crippen LogP contribution in [0.25, 0.3) is 0 Å². The van der Waals surface area contributed by atoms with Gasteiger partial charge in [0.1, 0.15) is 0 Å². The molecule has 0 unspecified atom stereocenters. The average molecular weight is 206 g/mol. The molecule has 1 rings (SSSR count). The summed E-state index contributed by atoms with van der Waals surface area (Å²) in [4.78, 5) is 0. The summed E-state index contributed by atoms with van der Waals surface area (Å²) >= 11 is 0. The minimum Gasteiger partial charge on any atom is -0.389 e. The molecule has 0 aromatic heterocycles. The first kappa shape index (κ1) is 10.4. The van der Waals surface area contributed by atoms with Crippen LogP contribution in [0.5, 0.6) is 0 Å². The van der Waals surface area contributed by atoms with Crippen LogP contribution in [0.15, 0.2) is 0 Å². The van der Waals surface area contributed by atoms with Crippen LogP contribution in [0.3, 0.4) is 0 Å². The highest BCUT2D eigenvalue weighted by Crippen LogP contribution is 2.14. The van der Waals surface area contributed by atoms with Crippen molar-refractivity contribution in [1.82, 2.24) is 4.31 Å². The number of rotatable bonds is 2. The van der Waals surface area contributed by atoms with Crippen LogP contribution in [-0.4, -0.2) is 54.0 Å². The molecule has 1 aliphatic heterocycles. The van der Waals surface area contributed by atoms with Gasteiger partial charge in [-0.15, -0.1) is 0 Å². The third kappa shape index (κ3) is 2.16. The second-order valence-corrected chi connectivity index (χ2v) is 4.83. The standard InChI is InChI=1S/C6H10N2O4S/c7-1-2-13(11,12)8-3-5(9)6(10)4-8/h5-6,9-10H,2-4H2/t5-,6+. The first-order chi connectivity index (χ1) is 5.97. The Hall–Kier alpha value is -0.680. The van der Waals surface area contributed by atoms with E-state index in [4.69, 9.17) is 15.5 Å². The summed E-state index contributed by atoms with van der Waals surface area (Å²) < 4.78 is 23.3. The molecular formula is C6H10N2O4S. The fourth-order valence-electron chi connectivity index (χ4n) is 1.14. The van der Waals surface area contributed by atoms with Crippen LogP contribution in [0, 0.1) is 11.3 Å². The summed E-state index contributed by atoms with van der Waals surface area (Å²) in [6, 6.07) is 1.52. The van der Waals surface area contributed by atoms with Crippen LogP contribution >= 0.6 is 0 Å². The van der Waals surface area contributed by atoms with Crippen molar-refractivity contribution in [3.63, 3.8) is 0 Å². The van der Waals surface area contributed by atoms with Crippen molar-refractivity contribution in [3.8, 4) is 6.07 Å². The van der Waals surface area contributed by atoms with Gasteiger partial charge in [-0.05, 0) is 0 Å². The molecule has 7 heteroatoms. The number of nitriles is 1. The Morgan fingerprint density at radius 3 is 2.23 bits per heavy atom. The highest BCUT2D eigenvalue weighted by molar-refractivity contribution is 7.89. The Bertz CT molecular complexity index is 310. The summed E-state index contributed by atoms with van der Waals surface area (Å²) in [5.41, 5.74) is 0. The molecule has 0 amide bonds. The molecule has 2 N–H and O–H groups in total. The molecular weight excluding hydrogens is 196 g/mol. The van der Waals surface area contributed by atoms with Crippen molar-refractivity contribution in [2.24, 2.45) is 0 Å². The summed E-state index contributed by atoms with van der Waals surface area (Å²) in [5.74, 6) is -0.619. The maximum atomic E-state index is 11.2. The van der Waals surface area contributed by atoms with E-state index < -0.39 is 28.0 Å². The Morgan fingerprint density at radius 1 is 1.38 bits per heavy atom. The van der Waals surface area contributed by atoms with Gasteiger partial charge in [-0.25, -0.2) is 8.42 Å². The van der Waals surface area contributed by atoms with Crippen molar-refractivity contribution in [2.75, 3.05) is 18.8 Å². The number of aliphatic hydroxyl groups is 2. The minimum absolute atomic E-state index is 0.134. The highest BCUT2D eigenvalue weighted by Gasteiger charge is 2.36. The molecule has 74 valence electrons. The monoisotopic (exact) mass is 206 g/mol. The van der Waals surface area contributed by atoms with Gasteiger partial charge in [-0.3, -0.25) is 0 Å². The van der Waals surface area contributed by atoms with E-state index in [1.54, 1.807) is 0 Å². The van der Waals surface area contributed by atoms with Crippen LogP contribution in [-0.2, 0) is 10.0 Å². The van der Waals surface area contributed by atoms with Crippen molar-refractivity contribution in [2.45, 2.75) is 12.2 Å². The van der Waals surface area contributed by atoms with E-state index in [1.807, 2.05) is 0 Å². The van der Waals surface area contributed by atoms with Gasteiger partial charge in [0.15, 0.2) is 5.75 Å². The summed E-state index contributed by atoms with van der Waals surface area (Å²) in [6.45, 7) is -0.267. The molecule has 0 radical (unpaired) electrons. The van der Waals surface area contributed by atoms with Gasteiger partial charge in [0.05, 0.1) is 18.3 Å². The lowest BCUT2D eigenvalue weighted by atomic mass is 10.3. The molecule has 0 aromatic carbocycles. The van der Waals surface area contributed by atoms with Crippen molar-refractivity contribution >= 4 is 10.0 Å². The molecule has 0 saturated carbocycles. The van der Waals surface area contributed by atoms with E-state index in [-0.39, 0.29) is 13.1 Å². The predicted molar refractivity (Wildman–Crippen MR) is 43.0 cm³/mol. The van der Waals surface area contributed by atoms with Gasteiger partial charge in [0.2, 0.25) is 10.0 Å². The smallest absolute Gasteiger partial charge is 0.227 e. The zero-order chi connectivity index (χ0) is 10.1. The van der Waals surface area contributed by atoms with E-state index in [9.17, 15) is 8.42 Å². The zero-order valence-electron chi connectivity index (χ0n) is 6.79. The molecule has 1 fully saturated rings. The molecule has 0 spiro atoms. The third-order valence-electron chi connectivity index (χ3n) is 1.87. The number of aliphatic hydroxyl groups excluding tert-OH is 2. The van der Waals surface area contributed by atoms with Crippen LogP contribution < -0.4 is 0 Å². The van der Waals surface area contributed by atoms with Gasteiger partial charge in [-0.2, -0.15) is 9.57 Å². The highest BCUT2D eigenvalue weighted by atomic mass is 32.2. The molecule has 1 saturated heterocycles. The fourth-order valence-corrected chi connectivity index (χ4v) is 2.24. The second kappa shape index (κ2) is 3.59. The topological polar surface area (TPSA) is 102 Å². The maximum Gasteiger partial charge on any atom is 0.227 e. The van der Waals surface area contributed by atoms with Crippen LogP contribution in [0.2, 0.25) is 0 Å². The number of hydrogen-bond donors (Lipinski definition) is 2. The normalized spacial score (nSPS) is 30.2. The molecule has 1 heterocycles. The summed E-state index contributed by atoms with van der Waals surface area (Å²) in [7, 11) is -3.62. The van der Waals surface area contributed by atoms with E-state index in [2.05, 4.69) is 0 Å². The lowest BCUT2D eigenvalue weighted by molar-refractivity contribution is 0.0572. The number of nitrogens with zero attached hydrogens (tertiary/aromatic N) is 2. The van der Waals surface area contributed by atoms with Gasteiger partial charge in [-0.1, -0.05) is 0 Å². The second-order valence-electron chi connectivity index (χ2n) is 2.87. The van der Waals surface area contributed by atoms with Crippen LogP contribution in [0.1, 0.15) is 0 Å². The lowest BCUT2D eigenvalue weighted by Gasteiger charge is -2.12.